The number of hydrogen-bond donors (Lipinski definition) is 0. The topological polar surface area (TPSA) is 0 Å². The summed E-state index contributed by atoms with van der Waals surface area (Å²) in [6.45, 7) is 13.6. The van der Waals surface area contributed by atoms with E-state index in [0.29, 0.717) is 0 Å². The van der Waals surface area contributed by atoms with Crippen molar-refractivity contribution in [2.45, 2.75) is 35.6 Å². The minimum absolute atomic E-state index is 0. The Kier molecular flexibility index (Phi) is 11.1. The van der Waals surface area contributed by atoms with Crippen LogP contribution in [0, 0.1) is 0 Å². The quantitative estimate of drug-likeness (QED) is 0.518. The van der Waals surface area contributed by atoms with E-state index in [9.17, 15) is 0 Å². The zero-order valence-electron chi connectivity index (χ0n) is 6.49. The highest BCUT2D eigenvalue weighted by Crippen LogP contribution is 2.11. The molecule has 0 aromatic carbocycles. The Morgan fingerprint density at radius 2 is 1.45 bits per heavy atom. The molecule has 0 atom stereocenters. The first-order valence-corrected chi connectivity index (χ1v) is 3.05. The zero-order chi connectivity index (χ0) is 7.44. The standard InChI is InChI=1S/C9H14.2CH4/c1-6-8(4)9(5)7(2)3;;/h6H,1-2H2,3-5H3;2*1H4/b9-8-;;. The van der Waals surface area contributed by atoms with Crippen molar-refractivity contribution in [2.75, 3.05) is 0 Å². The lowest BCUT2D eigenvalue weighted by Gasteiger charge is -2.00. The maximum Gasteiger partial charge on any atom is -0.0393 e. The van der Waals surface area contributed by atoms with Crippen LogP contribution < -0.4 is 0 Å². The minimum Gasteiger partial charge on any atom is -0.0988 e. The molecule has 0 fully saturated rings. The van der Waals surface area contributed by atoms with E-state index >= 15 is 0 Å². The fourth-order valence-electron chi connectivity index (χ4n) is 0.490. The third kappa shape index (κ3) is 5.65. The molecule has 0 saturated heterocycles. The van der Waals surface area contributed by atoms with Gasteiger partial charge in [0.2, 0.25) is 0 Å². The van der Waals surface area contributed by atoms with Gasteiger partial charge in [-0.05, 0) is 31.9 Å². The summed E-state index contributed by atoms with van der Waals surface area (Å²) in [6.07, 6.45) is 1.85. The number of allylic oxidation sites excluding steroid dienone is 4. The van der Waals surface area contributed by atoms with E-state index in [0.717, 1.165) is 5.57 Å². The van der Waals surface area contributed by atoms with Gasteiger partial charge < -0.3 is 0 Å². The lowest BCUT2D eigenvalue weighted by Crippen LogP contribution is -1.80. The monoisotopic (exact) mass is 154 g/mol. The van der Waals surface area contributed by atoms with Crippen molar-refractivity contribution >= 4 is 0 Å². The summed E-state index contributed by atoms with van der Waals surface area (Å²) in [5.74, 6) is 0. The van der Waals surface area contributed by atoms with Crippen LogP contribution in [0.15, 0.2) is 36.0 Å². The van der Waals surface area contributed by atoms with Crippen LogP contribution in [0.4, 0.5) is 0 Å². The average molecular weight is 154 g/mol. The molecule has 0 rings (SSSR count). The SMILES string of the molecule is C.C.C=C/C(C)=C(/C)C(=C)C. The van der Waals surface area contributed by atoms with Crippen LogP contribution in [0.2, 0.25) is 0 Å². The first kappa shape index (κ1) is 16.7. The Hall–Kier alpha value is -0.780. The highest BCUT2D eigenvalue weighted by atomic mass is 14.0. The Bertz CT molecular complexity index is 159. The van der Waals surface area contributed by atoms with Gasteiger partial charge >= 0.3 is 0 Å². The van der Waals surface area contributed by atoms with E-state index in [4.69, 9.17) is 0 Å². The smallest absolute Gasteiger partial charge is 0.0393 e. The van der Waals surface area contributed by atoms with Crippen LogP contribution >= 0.6 is 0 Å². The normalized spacial score (nSPS) is 10.1. The maximum atomic E-state index is 3.82. The maximum absolute atomic E-state index is 3.82. The summed E-state index contributed by atoms with van der Waals surface area (Å²) in [6, 6.07) is 0. The summed E-state index contributed by atoms with van der Waals surface area (Å²) in [5, 5.41) is 0. The van der Waals surface area contributed by atoms with Crippen LogP contribution in [-0.4, -0.2) is 0 Å². The molecule has 0 bridgehead atoms. The Morgan fingerprint density at radius 3 is 1.55 bits per heavy atom. The molecule has 0 N–H and O–H groups in total. The highest BCUT2D eigenvalue weighted by molar-refractivity contribution is 5.33. The van der Waals surface area contributed by atoms with Crippen LogP contribution in [-0.2, 0) is 0 Å². The number of rotatable bonds is 2. The van der Waals surface area contributed by atoms with Gasteiger partial charge in [-0.1, -0.05) is 39.7 Å². The van der Waals surface area contributed by atoms with Crippen LogP contribution in [0.25, 0.3) is 0 Å². The summed E-state index contributed by atoms with van der Waals surface area (Å²) in [4.78, 5) is 0. The van der Waals surface area contributed by atoms with Crippen molar-refractivity contribution in [3.05, 3.63) is 36.0 Å². The minimum atomic E-state index is 0. The van der Waals surface area contributed by atoms with Crippen molar-refractivity contribution in [3.63, 3.8) is 0 Å². The van der Waals surface area contributed by atoms with Crippen LogP contribution in [0.1, 0.15) is 35.6 Å². The van der Waals surface area contributed by atoms with Gasteiger partial charge in [-0.3, -0.25) is 0 Å². The molecule has 0 spiro atoms. The van der Waals surface area contributed by atoms with Crippen molar-refractivity contribution in [3.8, 4) is 0 Å². The Balaban J connectivity index is -0.000000320. The molecule has 0 aliphatic carbocycles. The molecule has 0 aliphatic heterocycles. The molecular weight excluding hydrogens is 132 g/mol. The molecule has 0 aromatic rings. The molecule has 0 aliphatic rings. The fourth-order valence-corrected chi connectivity index (χ4v) is 0.490. The van der Waals surface area contributed by atoms with Gasteiger partial charge in [-0.15, -0.1) is 0 Å². The van der Waals surface area contributed by atoms with Crippen LogP contribution in [0.3, 0.4) is 0 Å². The van der Waals surface area contributed by atoms with E-state index in [-0.39, 0.29) is 14.9 Å². The van der Waals surface area contributed by atoms with E-state index in [1.165, 1.54) is 11.1 Å². The Morgan fingerprint density at radius 1 is 1.09 bits per heavy atom. The van der Waals surface area contributed by atoms with Gasteiger partial charge in [0.25, 0.3) is 0 Å². The molecule has 0 nitrogen and oxygen atoms in total. The van der Waals surface area contributed by atoms with Crippen molar-refractivity contribution < 1.29 is 0 Å². The molecule has 0 radical (unpaired) electrons. The summed E-state index contributed by atoms with van der Waals surface area (Å²) in [5.41, 5.74) is 3.57. The largest absolute Gasteiger partial charge is 0.0988 e. The third-order valence-electron chi connectivity index (χ3n) is 1.54. The molecule has 0 saturated carbocycles. The van der Waals surface area contributed by atoms with Crippen molar-refractivity contribution in [1.82, 2.24) is 0 Å². The molecule has 0 amide bonds. The Labute approximate surface area is 72.3 Å². The predicted octanol–water partition coefficient (Wildman–Crippen LogP) is 4.36. The van der Waals surface area contributed by atoms with Gasteiger partial charge in [-0.2, -0.15) is 0 Å². The predicted molar refractivity (Wildman–Crippen MR) is 56.8 cm³/mol. The third-order valence-corrected chi connectivity index (χ3v) is 1.54. The molecule has 11 heavy (non-hydrogen) atoms. The van der Waals surface area contributed by atoms with Gasteiger partial charge in [-0.25, -0.2) is 0 Å². The zero-order valence-corrected chi connectivity index (χ0v) is 6.49. The van der Waals surface area contributed by atoms with E-state index < -0.39 is 0 Å². The van der Waals surface area contributed by atoms with Crippen molar-refractivity contribution in [2.24, 2.45) is 0 Å². The lowest BCUT2D eigenvalue weighted by molar-refractivity contribution is 1.29. The molecular formula is C11H22. The van der Waals surface area contributed by atoms with Crippen LogP contribution in [0.5, 0.6) is 0 Å². The molecule has 0 aromatic heterocycles. The molecule has 66 valence electrons. The first-order chi connectivity index (χ1) is 4.09. The second kappa shape index (κ2) is 7.33. The summed E-state index contributed by atoms with van der Waals surface area (Å²) in [7, 11) is 0. The van der Waals surface area contributed by atoms with Crippen molar-refractivity contribution in [1.29, 1.82) is 0 Å². The summed E-state index contributed by atoms with van der Waals surface area (Å²) < 4.78 is 0. The summed E-state index contributed by atoms with van der Waals surface area (Å²) >= 11 is 0. The van der Waals surface area contributed by atoms with E-state index in [2.05, 4.69) is 20.1 Å². The second-order valence-electron chi connectivity index (χ2n) is 2.29. The lowest BCUT2D eigenvalue weighted by atomic mass is 10.1. The van der Waals surface area contributed by atoms with E-state index in [1.54, 1.807) is 0 Å². The molecule has 0 unspecified atom stereocenters. The first-order valence-electron chi connectivity index (χ1n) is 3.05. The fraction of sp³-hybridized carbons (Fsp3) is 0.455. The average Bonchev–Trinajstić information content (AvgIpc) is 1.84. The van der Waals surface area contributed by atoms with Gasteiger partial charge in [0.1, 0.15) is 0 Å². The van der Waals surface area contributed by atoms with Gasteiger partial charge in [0.05, 0.1) is 0 Å². The van der Waals surface area contributed by atoms with Gasteiger partial charge in [0, 0.05) is 0 Å². The van der Waals surface area contributed by atoms with E-state index in [1.807, 2.05) is 19.9 Å². The molecule has 0 heterocycles. The van der Waals surface area contributed by atoms with Gasteiger partial charge in [0.15, 0.2) is 0 Å². The number of hydrogen-bond acceptors (Lipinski definition) is 0. The second-order valence-corrected chi connectivity index (χ2v) is 2.29. The molecule has 0 heteroatoms. The highest BCUT2D eigenvalue weighted by Gasteiger charge is 1.90.